The largest absolute Gasteiger partial charge is 0.337 e. The van der Waals surface area contributed by atoms with Crippen molar-refractivity contribution in [2.75, 3.05) is 21.1 Å². The van der Waals surface area contributed by atoms with Crippen LogP contribution in [0.3, 0.4) is 0 Å². The van der Waals surface area contributed by atoms with E-state index in [1.54, 1.807) is 29.2 Å². The summed E-state index contributed by atoms with van der Waals surface area (Å²) in [5.74, 6) is -0.406. The predicted molar refractivity (Wildman–Crippen MR) is 126 cm³/mol. The Labute approximate surface area is 194 Å². The summed E-state index contributed by atoms with van der Waals surface area (Å²) in [5.41, 5.74) is 3.00. The molecule has 3 aliphatic rings. The van der Waals surface area contributed by atoms with Gasteiger partial charge in [-0.1, -0.05) is 45.2 Å². The van der Waals surface area contributed by atoms with Gasteiger partial charge in [0.05, 0.1) is 11.1 Å². The van der Waals surface area contributed by atoms with Gasteiger partial charge in [0, 0.05) is 46.1 Å². The molecule has 33 heavy (non-hydrogen) atoms. The number of hydrogen-bond acceptors (Lipinski definition) is 5. The summed E-state index contributed by atoms with van der Waals surface area (Å²) in [7, 11) is 4.82. The third kappa shape index (κ3) is 5.52. The molecule has 0 bridgehead atoms. The van der Waals surface area contributed by atoms with Crippen molar-refractivity contribution in [3.05, 3.63) is 70.8 Å². The molecule has 1 saturated heterocycles. The first-order valence-corrected chi connectivity index (χ1v) is 9.76. The number of rotatable bonds is 0. The van der Waals surface area contributed by atoms with Crippen LogP contribution in [0, 0.1) is 0 Å². The van der Waals surface area contributed by atoms with Crippen LogP contribution in [0.1, 0.15) is 64.3 Å². The van der Waals surface area contributed by atoms with Crippen LogP contribution in [0.2, 0.25) is 0 Å². The minimum Gasteiger partial charge on any atom is -0.337 e. The molecule has 3 heterocycles. The lowest BCUT2D eigenvalue weighted by Crippen LogP contribution is -2.24. The Kier molecular flexibility index (Phi) is 9.22. The van der Waals surface area contributed by atoms with E-state index in [-0.39, 0.29) is 44.4 Å². The van der Waals surface area contributed by atoms with Gasteiger partial charge in [-0.05, 0) is 23.8 Å². The van der Waals surface area contributed by atoms with Crippen LogP contribution in [0.5, 0.6) is 0 Å². The molecule has 8 nitrogen and oxygen atoms in total. The van der Waals surface area contributed by atoms with Gasteiger partial charge in [0.2, 0.25) is 11.8 Å². The van der Waals surface area contributed by atoms with Crippen LogP contribution in [0.25, 0.3) is 0 Å². The average molecular weight is 454 g/mol. The van der Waals surface area contributed by atoms with Gasteiger partial charge >= 0.3 is 0 Å². The molecule has 0 aliphatic carbocycles. The van der Waals surface area contributed by atoms with Crippen LogP contribution in [0.4, 0.5) is 0 Å². The molecule has 0 N–H and O–H groups in total. The Bertz CT molecular complexity index is 1030. The molecule has 5 rings (SSSR count). The van der Waals surface area contributed by atoms with E-state index < -0.39 is 0 Å². The van der Waals surface area contributed by atoms with E-state index in [9.17, 15) is 24.0 Å². The highest BCUT2D eigenvalue weighted by Gasteiger charge is 2.31. The Morgan fingerprint density at radius 3 is 1.39 bits per heavy atom. The van der Waals surface area contributed by atoms with E-state index in [1.165, 1.54) is 19.0 Å². The highest BCUT2D eigenvalue weighted by molar-refractivity contribution is 6.21. The number of imide groups is 2. The molecular weight excluding hydrogens is 422 g/mol. The fourth-order valence-electron chi connectivity index (χ4n) is 3.40. The normalized spacial score (nSPS) is 15.6. The monoisotopic (exact) mass is 453 g/mol. The Balaban J connectivity index is 0.000000245. The summed E-state index contributed by atoms with van der Waals surface area (Å²) >= 11 is 0. The molecule has 1 fully saturated rings. The smallest absolute Gasteiger partial charge is 0.261 e. The standard InChI is InChI=1S/C9H7NO2.C9H9NO.C5H7NO2.2CH4/c1-10-8(11)6-4-2-3-5-7(6)9(10)12;1-10-6-7-4-2-3-5-8(7)9(10)11;1-6-4(7)2-3-5(6)8;;/h2-5H,1H3;2-5H,6H2,1H3;2-3H2,1H3;2*1H4. The van der Waals surface area contributed by atoms with Gasteiger partial charge in [0.25, 0.3) is 17.7 Å². The Morgan fingerprint density at radius 1 is 0.576 bits per heavy atom. The zero-order valence-corrected chi connectivity index (χ0v) is 17.6. The number of amides is 5. The maximum absolute atomic E-state index is 11.3. The number of carbonyl (C=O) groups excluding carboxylic acids is 5. The zero-order chi connectivity index (χ0) is 22.7. The maximum Gasteiger partial charge on any atom is 0.261 e. The highest BCUT2D eigenvalue weighted by atomic mass is 16.2. The predicted octanol–water partition coefficient (Wildman–Crippen LogP) is 3.22. The Hall–Kier alpha value is -3.81. The van der Waals surface area contributed by atoms with Crippen LogP contribution < -0.4 is 0 Å². The topological polar surface area (TPSA) is 95.1 Å². The summed E-state index contributed by atoms with van der Waals surface area (Å²) in [6, 6.07) is 14.6. The van der Waals surface area contributed by atoms with Crippen LogP contribution in [-0.2, 0) is 16.1 Å². The third-order valence-electron chi connectivity index (χ3n) is 5.30. The number of likely N-dealkylation sites (tertiary alicyclic amines) is 1. The maximum atomic E-state index is 11.3. The number of hydrogen-bond donors (Lipinski definition) is 0. The van der Waals surface area contributed by atoms with Gasteiger partial charge in [-0.3, -0.25) is 33.8 Å². The molecule has 3 aliphatic heterocycles. The van der Waals surface area contributed by atoms with E-state index in [2.05, 4.69) is 0 Å². The molecule has 2 aromatic rings. The van der Waals surface area contributed by atoms with Gasteiger partial charge in [0.1, 0.15) is 0 Å². The van der Waals surface area contributed by atoms with E-state index in [1.807, 2.05) is 31.3 Å². The number of carbonyl (C=O) groups is 5. The van der Waals surface area contributed by atoms with Crippen molar-refractivity contribution in [1.82, 2.24) is 14.7 Å². The third-order valence-corrected chi connectivity index (χ3v) is 5.30. The lowest BCUT2D eigenvalue weighted by Gasteiger charge is -2.04. The minimum absolute atomic E-state index is 0. The van der Waals surface area contributed by atoms with Crippen molar-refractivity contribution in [2.24, 2.45) is 0 Å². The molecular formula is C25H31N3O5. The van der Waals surface area contributed by atoms with Crippen molar-refractivity contribution < 1.29 is 24.0 Å². The summed E-state index contributed by atoms with van der Waals surface area (Å²) in [6.45, 7) is 0.759. The summed E-state index contributed by atoms with van der Waals surface area (Å²) in [4.78, 5) is 58.9. The fraction of sp³-hybridized carbons (Fsp3) is 0.320. The molecule has 8 heteroatoms. The van der Waals surface area contributed by atoms with Gasteiger partial charge in [0.15, 0.2) is 0 Å². The number of fused-ring (bicyclic) bond motifs is 2. The quantitative estimate of drug-likeness (QED) is 0.571. The van der Waals surface area contributed by atoms with E-state index in [0.29, 0.717) is 24.0 Å². The van der Waals surface area contributed by atoms with Crippen molar-refractivity contribution >= 4 is 29.5 Å². The van der Waals surface area contributed by atoms with Gasteiger partial charge < -0.3 is 4.90 Å². The molecule has 0 atom stereocenters. The highest BCUT2D eigenvalue weighted by Crippen LogP contribution is 2.21. The average Bonchev–Trinajstić information content (AvgIpc) is 3.33. The first-order valence-electron chi connectivity index (χ1n) is 9.76. The van der Waals surface area contributed by atoms with Gasteiger partial charge in [-0.2, -0.15) is 0 Å². The van der Waals surface area contributed by atoms with Crippen molar-refractivity contribution in [2.45, 2.75) is 34.2 Å². The first-order chi connectivity index (χ1) is 14.7. The Morgan fingerprint density at radius 2 is 1.00 bits per heavy atom. The molecule has 0 aromatic heterocycles. The second-order valence-corrected chi connectivity index (χ2v) is 7.38. The molecule has 0 saturated carbocycles. The zero-order valence-electron chi connectivity index (χ0n) is 17.6. The number of benzene rings is 2. The second kappa shape index (κ2) is 11.2. The van der Waals surface area contributed by atoms with Crippen molar-refractivity contribution in [3.8, 4) is 0 Å². The van der Waals surface area contributed by atoms with Crippen LogP contribution >= 0.6 is 0 Å². The molecule has 2 aromatic carbocycles. The first kappa shape index (κ1) is 27.2. The lowest BCUT2D eigenvalue weighted by molar-refractivity contribution is -0.136. The van der Waals surface area contributed by atoms with E-state index in [4.69, 9.17) is 0 Å². The fourth-order valence-corrected chi connectivity index (χ4v) is 3.40. The molecule has 0 spiro atoms. The summed E-state index contributed by atoms with van der Waals surface area (Å²) < 4.78 is 0. The molecule has 0 unspecified atom stereocenters. The van der Waals surface area contributed by atoms with E-state index in [0.717, 1.165) is 22.6 Å². The van der Waals surface area contributed by atoms with E-state index >= 15 is 0 Å². The number of nitrogens with zero attached hydrogens (tertiary/aromatic N) is 3. The summed E-state index contributed by atoms with van der Waals surface area (Å²) in [6.07, 6.45) is 0.796. The van der Waals surface area contributed by atoms with Crippen LogP contribution in [-0.4, -0.2) is 65.4 Å². The molecule has 0 radical (unpaired) electrons. The lowest BCUT2D eigenvalue weighted by atomic mass is 10.1. The van der Waals surface area contributed by atoms with Gasteiger partial charge in [-0.25, -0.2) is 0 Å². The summed E-state index contributed by atoms with van der Waals surface area (Å²) in [5, 5.41) is 0. The molecule has 176 valence electrons. The van der Waals surface area contributed by atoms with Gasteiger partial charge in [-0.15, -0.1) is 0 Å². The molecule has 5 amide bonds. The van der Waals surface area contributed by atoms with Crippen molar-refractivity contribution in [1.29, 1.82) is 0 Å². The SMILES string of the molecule is C.C.CN1C(=O)CCC1=O.CN1C(=O)c2ccccc2C1=O.CN1Cc2ccccc2C1=O. The minimum atomic E-state index is -0.212. The van der Waals surface area contributed by atoms with Crippen molar-refractivity contribution in [3.63, 3.8) is 0 Å². The second-order valence-electron chi connectivity index (χ2n) is 7.38. The van der Waals surface area contributed by atoms with Crippen LogP contribution in [0.15, 0.2) is 48.5 Å².